The van der Waals surface area contributed by atoms with Gasteiger partial charge in [-0.25, -0.2) is 22.2 Å². The number of carbonyl (C=O) groups is 1. The number of hydrogen-bond donors (Lipinski definition) is 2. The van der Waals surface area contributed by atoms with Crippen LogP contribution >= 0.6 is 0 Å². The van der Waals surface area contributed by atoms with E-state index in [9.17, 15) is 22.0 Å². The molecule has 0 spiro atoms. The van der Waals surface area contributed by atoms with Crippen molar-refractivity contribution in [3.05, 3.63) is 53.7 Å². The molecule has 2 aromatic rings. The van der Waals surface area contributed by atoms with Gasteiger partial charge in [0.25, 0.3) is 0 Å². The molecule has 0 atom stereocenters. The highest BCUT2D eigenvalue weighted by atomic mass is 32.2. The summed E-state index contributed by atoms with van der Waals surface area (Å²) in [4.78, 5) is 16.6. The molecule has 162 valence electrons. The minimum absolute atomic E-state index is 0.187. The molecule has 2 N–H and O–H groups in total. The second-order valence-corrected chi connectivity index (χ2v) is 8.58. The van der Waals surface area contributed by atoms with E-state index < -0.39 is 38.9 Å². The first-order chi connectivity index (χ1) is 14.2. The van der Waals surface area contributed by atoms with E-state index in [0.29, 0.717) is 43.7 Å². The first-order valence-corrected chi connectivity index (χ1v) is 10.7. The second-order valence-electron chi connectivity index (χ2n) is 6.86. The van der Waals surface area contributed by atoms with Crippen LogP contribution in [0.4, 0.5) is 14.5 Å². The fourth-order valence-electron chi connectivity index (χ4n) is 2.70. The van der Waals surface area contributed by atoms with Crippen molar-refractivity contribution in [1.82, 2.24) is 9.71 Å². The van der Waals surface area contributed by atoms with Gasteiger partial charge in [0.05, 0.1) is 24.2 Å². The van der Waals surface area contributed by atoms with Gasteiger partial charge in [0.2, 0.25) is 21.8 Å². The Morgan fingerprint density at radius 2 is 1.97 bits per heavy atom. The predicted octanol–water partition coefficient (Wildman–Crippen LogP) is 1.98. The van der Waals surface area contributed by atoms with Gasteiger partial charge in [-0.3, -0.25) is 4.79 Å². The van der Waals surface area contributed by atoms with Gasteiger partial charge in [-0.2, -0.15) is 4.72 Å². The number of halogens is 2. The highest BCUT2D eigenvalue weighted by Crippen LogP contribution is 2.37. The quantitative estimate of drug-likeness (QED) is 0.546. The van der Waals surface area contributed by atoms with Crippen molar-refractivity contribution in [3.63, 3.8) is 0 Å². The number of aromatic nitrogens is 1. The fraction of sp³-hybridized carbons (Fsp3) is 0.368. The lowest BCUT2D eigenvalue weighted by Crippen LogP contribution is -2.46. The second kappa shape index (κ2) is 9.02. The number of nitrogens with one attached hydrogen (secondary N) is 2. The zero-order valence-corrected chi connectivity index (χ0v) is 17.0. The van der Waals surface area contributed by atoms with E-state index in [1.807, 2.05) is 0 Å². The Morgan fingerprint density at radius 1 is 1.20 bits per heavy atom. The molecule has 0 bridgehead atoms. The molecular weight excluding hydrogens is 420 g/mol. The van der Waals surface area contributed by atoms with Crippen molar-refractivity contribution in [2.45, 2.75) is 24.1 Å². The molecule has 1 heterocycles. The summed E-state index contributed by atoms with van der Waals surface area (Å²) in [6, 6.07) is 5.78. The van der Waals surface area contributed by atoms with Crippen LogP contribution in [0.3, 0.4) is 0 Å². The van der Waals surface area contributed by atoms with E-state index in [0.717, 1.165) is 12.1 Å². The molecule has 30 heavy (non-hydrogen) atoms. The van der Waals surface area contributed by atoms with Crippen LogP contribution in [0.15, 0.2) is 36.5 Å². The molecule has 0 aliphatic heterocycles. The van der Waals surface area contributed by atoms with Crippen molar-refractivity contribution >= 4 is 21.6 Å². The minimum Gasteiger partial charge on any atom is -0.475 e. The topological polar surface area (TPSA) is 107 Å². The van der Waals surface area contributed by atoms with Crippen molar-refractivity contribution in [3.8, 4) is 5.88 Å². The zero-order valence-electron chi connectivity index (χ0n) is 16.2. The number of carbonyl (C=O) groups excluding carboxylic acids is 1. The van der Waals surface area contributed by atoms with E-state index in [1.54, 1.807) is 19.2 Å². The average molecular weight is 441 g/mol. The van der Waals surface area contributed by atoms with E-state index in [2.05, 4.69) is 15.0 Å². The van der Waals surface area contributed by atoms with Crippen LogP contribution in [-0.4, -0.2) is 45.2 Å². The van der Waals surface area contributed by atoms with Crippen LogP contribution in [0.25, 0.3) is 0 Å². The third-order valence-electron chi connectivity index (χ3n) is 4.43. The van der Waals surface area contributed by atoms with Gasteiger partial charge in [-0.1, -0.05) is 6.07 Å². The number of rotatable bonds is 10. The van der Waals surface area contributed by atoms with Crippen LogP contribution in [0.5, 0.6) is 5.88 Å². The highest BCUT2D eigenvalue weighted by molar-refractivity contribution is 7.88. The Hall–Kier alpha value is -2.63. The molecule has 3 rings (SSSR count). The van der Waals surface area contributed by atoms with Gasteiger partial charge >= 0.3 is 0 Å². The van der Waals surface area contributed by atoms with Gasteiger partial charge in [0, 0.05) is 24.8 Å². The molecule has 0 radical (unpaired) electrons. The lowest BCUT2D eigenvalue weighted by atomic mass is 10.2. The average Bonchev–Trinajstić information content (AvgIpc) is 3.45. The van der Waals surface area contributed by atoms with E-state index in [1.165, 1.54) is 6.20 Å². The first kappa shape index (κ1) is 22.1. The molecule has 1 aliphatic carbocycles. The summed E-state index contributed by atoms with van der Waals surface area (Å²) in [5.41, 5.74) is -1.12. The molecule has 0 saturated heterocycles. The van der Waals surface area contributed by atoms with Crippen molar-refractivity contribution in [2.24, 2.45) is 0 Å². The van der Waals surface area contributed by atoms with Crippen molar-refractivity contribution in [2.75, 3.05) is 25.6 Å². The lowest BCUT2D eigenvalue weighted by molar-refractivity contribution is -0.118. The number of pyridine rings is 1. The molecule has 1 aliphatic rings. The third kappa shape index (κ3) is 5.71. The predicted molar refractivity (Wildman–Crippen MR) is 104 cm³/mol. The minimum atomic E-state index is -4.04. The summed E-state index contributed by atoms with van der Waals surface area (Å²) < 4.78 is 64.2. The number of benzene rings is 1. The van der Waals surface area contributed by atoms with Gasteiger partial charge in [-0.15, -0.1) is 0 Å². The number of ether oxygens (including phenoxy) is 2. The maximum absolute atomic E-state index is 13.8. The summed E-state index contributed by atoms with van der Waals surface area (Å²) in [6.07, 6.45) is 1.99. The monoisotopic (exact) mass is 441 g/mol. The Kier molecular flexibility index (Phi) is 6.64. The summed E-state index contributed by atoms with van der Waals surface area (Å²) in [5, 5.41) is 2.61. The summed E-state index contributed by atoms with van der Waals surface area (Å²) in [7, 11) is -2.49. The Labute approximate surface area is 172 Å². The standard InChI is InChI=1S/C19H21F2N3O5S/c1-28-8-9-29-17-5-4-15(11-22-17)23-18(25)19(6-7-19)24-30(26,27)12-13-2-3-14(20)10-16(13)21/h2-5,10-11,24H,6-9,12H2,1H3,(H,23,25). The van der Waals surface area contributed by atoms with Crippen LogP contribution in [0.1, 0.15) is 18.4 Å². The van der Waals surface area contributed by atoms with Crippen LogP contribution in [0, 0.1) is 11.6 Å². The maximum Gasteiger partial charge on any atom is 0.245 e. The zero-order chi connectivity index (χ0) is 21.8. The van der Waals surface area contributed by atoms with Crippen LogP contribution in [0.2, 0.25) is 0 Å². The lowest BCUT2D eigenvalue weighted by Gasteiger charge is -2.17. The molecule has 0 unspecified atom stereocenters. The van der Waals surface area contributed by atoms with Gasteiger partial charge in [0.1, 0.15) is 23.8 Å². The Morgan fingerprint density at radius 3 is 2.57 bits per heavy atom. The third-order valence-corrected chi connectivity index (χ3v) is 5.82. The van der Waals surface area contributed by atoms with Gasteiger partial charge < -0.3 is 14.8 Å². The summed E-state index contributed by atoms with van der Waals surface area (Å²) >= 11 is 0. The maximum atomic E-state index is 13.8. The highest BCUT2D eigenvalue weighted by Gasteiger charge is 2.52. The van der Waals surface area contributed by atoms with Crippen molar-refractivity contribution in [1.29, 1.82) is 0 Å². The number of amides is 1. The van der Waals surface area contributed by atoms with Crippen LogP contribution < -0.4 is 14.8 Å². The largest absolute Gasteiger partial charge is 0.475 e. The molecule has 1 aromatic heterocycles. The molecule has 1 aromatic carbocycles. The summed E-state index contributed by atoms with van der Waals surface area (Å²) in [5.74, 6) is -2.66. The molecule has 1 amide bonds. The normalized spacial score (nSPS) is 14.9. The van der Waals surface area contributed by atoms with Crippen LogP contribution in [-0.2, 0) is 25.3 Å². The number of methoxy groups -OCH3 is 1. The smallest absolute Gasteiger partial charge is 0.245 e. The van der Waals surface area contributed by atoms with Crippen molar-refractivity contribution < 1.29 is 31.5 Å². The van der Waals surface area contributed by atoms with Gasteiger partial charge in [-0.05, 0) is 25.0 Å². The number of sulfonamides is 1. The van der Waals surface area contributed by atoms with E-state index in [4.69, 9.17) is 9.47 Å². The van der Waals surface area contributed by atoms with E-state index >= 15 is 0 Å². The first-order valence-electron chi connectivity index (χ1n) is 9.08. The number of anilines is 1. The summed E-state index contributed by atoms with van der Waals surface area (Å²) in [6.45, 7) is 0.736. The Balaban J connectivity index is 1.60. The molecule has 11 heteroatoms. The van der Waals surface area contributed by atoms with Gasteiger partial charge in [0.15, 0.2) is 0 Å². The fourth-order valence-corrected chi connectivity index (χ4v) is 4.31. The van der Waals surface area contributed by atoms with E-state index in [-0.39, 0.29) is 5.56 Å². The Bertz CT molecular complexity index is 1010. The SMILES string of the molecule is COCCOc1ccc(NC(=O)C2(NS(=O)(=O)Cc3ccc(F)cc3F)CC2)cn1. The molecule has 1 saturated carbocycles. The number of hydrogen-bond acceptors (Lipinski definition) is 6. The molecule has 1 fully saturated rings. The molecular formula is C19H21F2N3O5S. The molecule has 8 nitrogen and oxygen atoms in total. The number of nitrogens with zero attached hydrogens (tertiary/aromatic N) is 1.